The van der Waals surface area contributed by atoms with Gasteiger partial charge in [-0.3, -0.25) is 14.2 Å². The molecule has 0 saturated heterocycles. The van der Waals surface area contributed by atoms with Crippen LogP contribution in [0.2, 0.25) is 10.0 Å². The van der Waals surface area contributed by atoms with Gasteiger partial charge in [-0.25, -0.2) is 4.99 Å². The normalized spacial score (nSPS) is 14.4. The lowest BCUT2D eigenvalue weighted by Gasteiger charge is -2.25. The van der Waals surface area contributed by atoms with Crippen molar-refractivity contribution in [2.24, 2.45) is 4.99 Å². The predicted molar refractivity (Wildman–Crippen MR) is 191 cm³/mol. The van der Waals surface area contributed by atoms with Gasteiger partial charge in [0.05, 0.1) is 32.9 Å². The first-order chi connectivity index (χ1) is 22.7. The van der Waals surface area contributed by atoms with Crippen LogP contribution in [-0.4, -0.2) is 17.1 Å². The fourth-order valence-corrected chi connectivity index (χ4v) is 7.25. The second-order valence-electron chi connectivity index (χ2n) is 10.6. The van der Waals surface area contributed by atoms with E-state index in [1.54, 1.807) is 23.6 Å². The summed E-state index contributed by atoms with van der Waals surface area (Å²) in [4.78, 5) is 33.2. The monoisotopic (exact) mass is 747 g/mol. The average Bonchev–Trinajstić information content (AvgIpc) is 3.35. The average molecular weight is 750 g/mol. The summed E-state index contributed by atoms with van der Waals surface area (Å²) < 4.78 is 14.4. The number of rotatable bonds is 9. The minimum absolute atomic E-state index is 0.251. The number of carbonyl (C=O) groups excluding carboxylic acids is 1. The number of benzene rings is 4. The molecular weight excluding hydrogens is 721 g/mol. The maximum absolute atomic E-state index is 14.1. The Morgan fingerprint density at radius 2 is 1.79 bits per heavy atom. The van der Waals surface area contributed by atoms with Crippen LogP contribution in [0.5, 0.6) is 11.5 Å². The Labute approximate surface area is 293 Å². The molecule has 47 heavy (non-hydrogen) atoms. The van der Waals surface area contributed by atoms with Crippen molar-refractivity contribution in [1.82, 2.24) is 4.57 Å². The molecule has 4 aromatic carbocycles. The summed E-state index contributed by atoms with van der Waals surface area (Å²) >= 11 is 17.2. The number of anilines is 1. The van der Waals surface area contributed by atoms with Crippen molar-refractivity contribution >= 4 is 68.1 Å². The van der Waals surface area contributed by atoms with Crippen molar-refractivity contribution < 1.29 is 14.3 Å². The van der Waals surface area contributed by atoms with Crippen LogP contribution in [0.4, 0.5) is 5.69 Å². The molecule has 5 aromatic rings. The van der Waals surface area contributed by atoms with Gasteiger partial charge in [0.1, 0.15) is 18.1 Å². The molecular formula is C36H28BrCl2N3O4S. The fraction of sp³-hybridized carbons (Fsp3) is 0.139. The molecule has 1 N–H and O–H groups in total. The third kappa shape index (κ3) is 7.23. The minimum atomic E-state index is -0.699. The molecule has 238 valence electrons. The third-order valence-corrected chi connectivity index (χ3v) is 9.65. The van der Waals surface area contributed by atoms with Gasteiger partial charge < -0.3 is 14.8 Å². The number of carbonyl (C=O) groups is 1. The van der Waals surface area contributed by atoms with E-state index >= 15 is 0 Å². The van der Waals surface area contributed by atoms with Crippen molar-refractivity contribution in [2.75, 3.05) is 11.9 Å². The van der Waals surface area contributed by atoms with Crippen molar-refractivity contribution in [3.8, 4) is 11.5 Å². The maximum Gasteiger partial charge on any atom is 0.271 e. The van der Waals surface area contributed by atoms with Crippen LogP contribution in [-0.2, 0) is 11.4 Å². The van der Waals surface area contributed by atoms with Crippen molar-refractivity contribution in [2.45, 2.75) is 26.5 Å². The minimum Gasteiger partial charge on any atom is -0.494 e. The third-order valence-electron chi connectivity index (χ3n) is 7.46. The molecule has 0 saturated carbocycles. The van der Waals surface area contributed by atoms with E-state index in [0.717, 1.165) is 16.7 Å². The number of ether oxygens (including phenoxy) is 2. The number of halogens is 3. The van der Waals surface area contributed by atoms with Gasteiger partial charge in [0, 0.05) is 21.3 Å². The summed E-state index contributed by atoms with van der Waals surface area (Å²) in [6, 6.07) is 26.8. The summed E-state index contributed by atoms with van der Waals surface area (Å²) in [7, 11) is 0. The lowest BCUT2D eigenvalue weighted by atomic mass is 9.95. The summed E-state index contributed by atoms with van der Waals surface area (Å²) in [5, 5.41) is 4.06. The van der Waals surface area contributed by atoms with Gasteiger partial charge in [0.15, 0.2) is 4.80 Å². The number of nitrogens with one attached hydrogen (secondary N) is 1. The number of amides is 1. The molecule has 0 fully saturated rings. The topological polar surface area (TPSA) is 81.9 Å². The van der Waals surface area contributed by atoms with Gasteiger partial charge in [0.2, 0.25) is 0 Å². The zero-order valence-electron chi connectivity index (χ0n) is 25.3. The van der Waals surface area contributed by atoms with E-state index in [0.29, 0.717) is 58.9 Å². The van der Waals surface area contributed by atoms with Crippen LogP contribution >= 0.6 is 50.5 Å². The van der Waals surface area contributed by atoms with Crippen LogP contribution in [0, 0.1) is 0 Å². The highest BCUT2D eigenvalue weighted by Gasteiger charge is 2.32. The fourth-order valence-electron chi connectivity index (χ4n) is 5.23. The van der Waals surface area contributed by atoms with Crippen molar-refractivity contribution in [3.63, 3.8) is 0 Å². The first-order valence-corrected chi connectivity index (χ1v) is 17.1. The summed E-state index contributed by atoms with van der Waals surface area (Å²) in [6.45, 7) is 4.50. The first kappa shape index (κ1) is 32.8. The Kier molecular flexibility index (Phi) is 9.98. The van der Waals surface area contributed by atoms with Crippen LogP contribution in [0.3, 0.4) is 0 Å². The number of hydrogen-bond acceptors (Lipinski definition) is 6. The van der Waals surface area contributed by atoms with Gasteiger partial charge in [0.25, 0.3) is 11.5 Å². The van der Waals surface area contributed by atoms with E-state index in [2.05, 4.69) is 21.2 Å². The number of aromatic nitrogens is 1. The van der Waals surface area contributed by atoms with E-state index < -0.39 is 6.04 Å². The van der Waals surface area contributed by atoms with Gasteiger partial charge in [-0.2, -0.15) is 0 Å². The molecule has 1 amide bonds. The molecule has 0 bridgehead atoms. The van der Waals surface area contributed by atoms with Crippen LogP contribution < -0.4 is 29.7 Å². The van der Waals surface area contributed by atoms with E-state index in [4.69, 9.17) is 37.7 Å². The zero-order valence-corrected chi connectivity index (χ0v) is 29.2. The van der Waals surface area contributed by atoms with Gasteiger partial charge in [-0.05, 0) is 95.5 Å². The van der Waals surface area contributed by atoms with Crippen molar-refractivity contribution in [3.05, 3.63) is 153 Å². The second-order valence-corrected chi connectivity index (χ2v) is 13.3. The number of hydrogen-bond donors (Lipinski definition) is 1. The molecule has 1 aromatic heterocycles. The maximum atomic E-state index is 14.1. The molecule has 6 rings (SSSR count). The largest absolute Gasteiger partial charge is 0.494 e. The van der Waals surface area contributed by atoms with Gasteiger partial charge in [-0.1, -0.05) is 77.0 Å². The lowest BCUT2D eigenvalue weighted by molar-refractivity contribution is -0.113. The molecule has 1 aliphatic heterocycles. The van der Waals surface area contributed by atoms with E-state index in [-0.39, 0.29) is 18.1 Å². The van der Waals surface area contributed by atoms with E-state index in [9.17, 15) is 9.59 Å². The molecule has 1 atom stereocenters. The lowest BCUT2D eigenvalue weighted by Crippen LogP contribution is -2.40. The van der Waals surface area contributed by atoms with Gasteiger partial charge >= 0.3 is 0 Å². The highest BCUT2D eigenvalue weighted by atomic mass is 79.9. The SMILES string of the molecule is CCOc1ccc([C@@H]2C(C(=O)Nc3ccccc3)=C(C)N=c3s/c(=C\c4ccc(OCc5ccc(Cl)cc5Cl)c(Br)c4)c(=O)n32)cc1. The summed E-state index contributed by atoms with van der Waals surface area (Å²) in [6.07, 6.45) is 1.81. The van der Waals surface area contributed by atoms with E-state index in [1.807, 2.05) is 91.9 Å². The molecule has 2 heterocycles. The Morgan fingerprint density at radius 3 is 2.49 bits per heavy atom. The smallest absolute Gasteiger partial charge is 0.271 e. The molecule has 0 radical (unpaired) electrons. The second kappa shape index (κ2) is 14.3. The quantitative estimate of drug-likeness (QED) is 0.166. The van der Waals surface area contributed by atoms with E-state index in [1.165, 1.54) is 11.3 Å². The molecule has 0 spiro atoms. The number of para-hydroxylation sites is 1. The number of thiazole rings is 1. The van der Waals surface area contributed by atoms with Gasteiger partial charge in [-0.15, -0.1) is 0 Å². The molecule has 7 nitrogen and oxygen atoms in total. The molecule has 11 heteroatoms. The molecule has 0 aliphatic carbocycles. The summed E-state index contributed by atoms with van der Waals surface area (Å²) in [5.74, 6) is 0.994. The Morgan fingerprint density at radius 1 is 1.02 bits per heavy atom. The first-order valence-electron chi connectivity index (χ1n) is 14.7. The number of nitrogens with zero attached hydrogens (tertiary/aromatic N) is 2. The Balaban J connectivity index is 1.36. The Bertz CT molecular complexity index is 2180. The summed E-state index contributed by atoms with van der Waals surface area (Å²) in [5.41, 5.74) is 3.68. The Hall–Kier alpha value is -4.15. The number of fused-ring (bicyclic) bond motifs is 1. The zero-order chi connectivity index (χ0) is 33.1. The number of allylic oxidation sites excluding steroid dienone is 1. The predicted octanol–water partition coefficient (Wildman–Crippen LogP) is 7.92. The standard InChI is InChI=1S/C36H28BrCl2N3O4S/c1-3-45-27-14-11-23(12-15-27)33-32(34(43)41-26-7-5-4-6-8-26)21(2)40-36-42(33)35(44)31(47-36)18-22-9-16-30(28(37)17-22)46-20-24-10-13-25(38)19-29(24)39/h4-19,33H,3,20H2,1-2H3,(H,41,43)/b31-18-/t33-/m1/s1. The molecule has 0 unspecified atom stereocenters. The molecule has 1 aliphatic rings. The van der Waals surface area contributed by atoms with Crippen LogP contribution in [0.15, 0.2) is 117 Å². The highest BCUT2D eigenvalue weighted by molar-refractivity contribution is 9.10. The van der Waals surface area contributed by atoms with Crippen molar-refractivity contribution in [1.29, 1.82) is 0 Å². The van der Waals surface area contributed by atoms with Crippen LogP contribution in [0.25, 0.3) is 6.08 Å². The highest BCUT2D eigenvalue weighted by Crippen LogP contribution is 2.32. The van der Waals surface area contributed by atoms with Crippen LogP contribution in [0.1, 0.15) is 36.6 Å².